The van der Waals surface area contributed by atoms with Crippen molar-refractivity contribution in [3.05, 3.63) is 42.0 Å². The van der Waals surface area contributed by atoms with Crippen molar-refractivity contribution in [1.29, 1.82) is 0 Å². The summed E-state index contributed by atoms with van der Waals surface area (Å²) in [5.74, 6) is 0. The summed E-state index contributed by atoms with van der Waals surface area (Å²) in [5, 5.41) is 0. The third kappa shape index (κ3) is 5.66. The molecule has 1 aromatic carbocycles. The molecule has 0 bridgehead atoms. The first kappa shape index (κ1) is 15.9. The van der Waals surface area contributed by atoms with E-state index in [-0.39, 0.29) is 6.29 Å². The maximum absolute atomic E-state index is 5.49. The van der Waals surface area contributed by atoms with Gasteiger partial charge in [0.2, 0.25) is 0 Å². The normalized spacial score (nSPS) is 9.71. The summed E-state index contributed by atoms with van der Waals surface area (Å²) in [6, 6.07) is 8.03. The summed E-state index contributed by atoms with van der Waals surface area (Å²) < 4.78 is 11.0. The van der Waals surface area contributed by atoms with Gasteiger partial charge in [-0.3, -0.25) is 0 Å². The summed E-state index contributed by atoms with van der Waals surface area (Å²) in [6.45, 7) is 12.9. The van der Waals surface area contributed by atoms with Gasteiger partial charge < -0.3 is 9.47 Å². The summed E-state index contributed by atoms with van der Waals surface area (Å²) >= 11 is 0. The quantitative estimate of drug-likeness (QED) is 0.680. The fourth-order valence-corrected chi connectivity index (χ4v) is 1.33. The smallest absolute Gasteiger partial charge is 0.183 e. The summed E-state index contributed by atoms with van der Waals surface area (Å²) in [7, 11) is 0. The molecule has 0 spiro atoms. The monoisotopic (exact) mass is 236 g/mol. The second kappa shape index (κ2) is 10.1. The van der Waals surface area contributed by atoms with Crippen LogP contribution in [-0.2, 0) is 9.47 Å². The Labute approximate surface area is 105 Å². The fourth-order valence-electron chi connectivity index (χ4n) is 1.33. The predicted octanol–water partition coefficient (Wildman–Crippen LogP) is 4.43. The van der Waals surface area contributed by atoms with E-state index in [1.54, 1.807) is 0 Å². The second-order valence-corrected chi connectivity index (χ2v) is 3.11. The Morgan fingerprint density at radius 1 is 1.06 bits per heavy atom. The van der Waals surface area contributed by atoms with Crippen molar-refractivity contribution in [3.8, 4) is 0 Å². The molecule has 1 aromatic rings. The maximum Gasteiger partial charge on any atom is 0.183 e. The van der Waals surface area contributed by atoms with E-state index in [4.69, 9.17) is 9.47 Å². The third-order valence-corrected chi connectivity index (χ3v) is 2.08. The minimum Gasteiger partial charge on any atom is -0.349 e. The Hall–Kier alpha value is -1.12. The highest BCUT2D eigenvalue weighted by molar-refractivity contribution is 5.47. The van der Waals surface area contributed by atoms with Crippen molar-refractivity contribution < 1.29 is 9.47 Å². The lowest BCUT2D eigenvalue weighted by Crippen LogP contribution is -2.08. The fraction of sp³-hybridized carbons (Fsp3) is 0.467. The number of rotatable bonds is 6. The first-order valence-corrected chi connectivity index (χ1v) is 6.27. The van der Waals surface area contributed by atoms with E-state index in [1.165, 1.54) is 0 Å². The number of ether oxygens (including phenoxy) is 2. The van der Waals surface area contributed by atoms with Crippen LogP contribution in [0.25, 0.3) is 6.08 Å². The van der Waals surface area contributed by atoms with E-state index in [9.17, 15) is 0 Å². The first-order valence-electron chi connectivity index (χ1n) is 6.27. The van der Waals surface area contributed by atoms with Crippen molar-refractivity contribution in [1.82, 2.24) is 0 Å². The van der Waals surface area contributed by atoms with E-state index >= 15 is 0 Å². The molecule has 0 heterocycles. The molecule has 0 amide bonds. The summed E-state index contributed by atoms with van der Waals surface area (Å²) in [6.07, 6.45) is 1.57. The molecule has 0 unspecified atom stereocenters. The van der Waals surface area contributed by atoms with Gasteiger partial charge >= 0.3 is 0 Å². The lowest BCUT2D eigenvalue weighted by Gasteiger charge is -2.17. The molecule has 2 nitrogen and oxygen atoms in total. The van der Waals surface area contributed by atoms with Gasteiger partial charge in [-0.2, -0.15) is 0 Å². The van der Waals surface area contributed by atoms with Crippen molar-refractivity contribution >= 4 is 6.08 Å². The van der Waals surface area contributed by atoms with Gasteiger partial charge in [0.15, 0.2) is 6.29 Å². The SMILES string of the molecule is C=Cc1ccc(C(OCC)OCC)cc1.CC. The van der Waals surface area contributed by atoms with Crippen LogP contribution in [0.2, 0.25) is 0 Å². The van der Waals surface area contributed by atoms with Crippen LogP contribution in [0, 0.1) is 0 Å². The van der Waals surface area contributed by atoms with Crippen LogP contribution in [-0.4, -0.2) is 13.2 Å². The average molecular weight is 236 g/mol. The van der Waals surface area contributed by atoms with Gasteiger partial charge in [0.25, 0.3) is 0 Å². The highest BCUT2D eigenvalue weighted by Gasteiger charge is 2.09. The molecule has 0 atom stereocenters. The van der Waals surface area contributed by atoms with E-state index in [1.807, 2.05) is 58.0 Å². The predicted molar refractivity (Wildman–Crippen MR) is 73.9 cm³/mol. The number of hydrogen-bond donors (Lipinski definition) is 0. The zero-order valence-electron chi connectivity index (χ0n) is 11.4. The lowest BCUT2D eigenvalue weighted by molar-refractivity contribution is -0.140. The van der Waals surface area contributed by atoms with Crippen LogP contribution in [0.1, 0.15) is 45.1 Å². The first-order chi connectivity index (χ1) is 8.31. The highest BCUT2D eigenvalue weighted by Crippen LogP contribution is 2.19. The van der Waals surface area contributed by atoms with Gasteiger partial charge in [-0.15, -0.1) is 0 Å². The molecule has 17 heavy (non-hydrogen) atoms. The van der Waals surface area contributed by atoms with Crippen LogP contribution in [0.5, 0.6) is 0 Å². The number of benzene rings is 1. The van der Waals surface area contributed by atoms with Crippen molar-refractivity contribution in [2.45, 2.75) is 34.0 Å². The molecule has 0 saturated heterocycles. The average Bonchev–Trinajstić information content (AvgIpc) is 2.41. The van der Waals surface area contributed by atoms with E-state index in [0.29, 0.717) is 13.2 Å². The molecular weight excluding hydrogens is 212 g/mol. The molecule has 1 rings (SSSR count). The van der Waals surface area contributed by atoms with Gasteiger partial charge in [-0.05, 0) is 19.4 Å². The van der Waals surface area contributed by atoms with Crippen LogP contribution in [0.4, 0.5) is 0 Å². The Morgan fingerprint density at radius 2 is 1.53 bits per heavy atom. The minimum absolute atomic E-state index is 0.251. The topological polar surface area (TPSA) is 18.5 Å². The second-order valence-electron chi connectivity index (χ2n) is 3.11. The molecule has 2 heteroatoms. The van der Waals surface area contributed by atoms with Crippen LogP contribution >= 0.6 is 0 Å². The molecular formula is C15H24O2. The van der Waals surface area contributed by atoms with Crippen LogP contribution < -0.4 is 0 Å². The molecule has 0 aromatic heterocycles. The van der Waals surface area contributed by atoms with Crippen molar-refractivity contribution in [2.24, 2.45) is 0 Å². The standard InChI is InChI=1S/C13H18O2.C2H6/c1-4-11-7-9-12(10-8-11)13(14-5-2)15-6-3;1-2/h4,7-10,13H,1,5-6H2,2-3H3;1-2H3. The van der Waals surface area contributed by atoms with Crippen LogP contribution in [0.3, 0.4) is 0 Å². The zero-order chi connectivity index (χ0) is 13.1. The molecule has 0 aliphatic heterocycles. The number of hydrogen-bond acceptors (Lipinski definition) is 2. The Kier molecular flexibility index (Phi) is 9.40. The highest BCUT2D eigenvalue weighted by atomic mass is 16.7. The van der Waals surface area contributed by atoms with E-state index in [0.717, 1.165) is 11.1 Å². The third-order valence-electron chi connectivity index (χ3n) is 2.08. The Balaban J connectivity index is 0.00000121. The van der Waals surface area contributed by atoms with Gasteiger partial charge in [0.1, 0.15) is 0 Å². The summed E-state index contributed by atoms with van der Waals surface area (Å²) in [5.41, 5.74) is 2.15. The molecule has 0 saturated carbocycles. The molecule has 0 fully saturated rings. The maximum atomic E-state index is 5.49. The van der Waals surface area contributed by atoms with Gasteiger partial charge in [-0.1, -0.05) is 50.8 Å². The molecule has 0 aliphatic carbocycles. The van der Waals surface area contributed by atoms with Crippen molar-refractivity contribution in [3.63, 3.8) is 0 Å². The van der Waals surface area contributed by atoms with Gasteiger partial charge in [-0.25, -0.2) is 0 Å². The molecule has 0 N–H and O–H groups in total. The summed E-state index contributed by atoms with van der Waals surface area (Å²) in [4.78, 5) is 0. The van der Waals surface area contributed by atoms with E-state index < -0.39 is 0 Å². The molecule has 0 aliphatic rings. The minimum atomic E-state index is -0.251. The molecule has 96 valence electrons. The largest absolute Gasteiger partial charge is 0.349 e. The van der Waals surface area contributed by atoms with Gasteiger partial charge in [0, 0.05) is 18.8 Å². The lowest BCUT2D eigenvalue weighted by atomic mass is 10.1. The van der Waals surface area contributed by atoms with Crippen LogP contribution in [0.15, 0.2) is 30.8 Å². The van der Waals surface area contributed by atoms with E-state index in [2.05, 4.69) is 6.58 Å². The zero-order valence-corrected chi connectivity index (χ0v) is 11.4. The van der Waals surface area contributed by atoms with Crippen molar-refractivity contribution in [2.75, 3.05) is 13.2 Å². The van der Waals surface area contributed by atoms with Gasteiger partial charge in [0.05, 0.1) is 0 Å². The Morgan fingerprint density at radius 3 is 1.88 bits per heavy atom. The molecule has 0 radical (unpaired) electrons. The Bertz CT molecular complexity index is 284.